The smallest absolute Gasteiger partial charge is 0.373 e. The minimum Gasteiger partial charge on any atom is -0.508 e. The molecular weight excluding hydrogens is 2080 g/mol. The van der Waals surface area contributed by atoms with Crippen LogP contribution in [0.25, 0.3) is 57.7 Å². The standard InChI is InChI=1S/C17H20N2OS.C17H21NO2S.C14H16N2OS.C13H13NO2S.C12H13NOS.C7H7NOS.C7H5NO.C6H9ClO2.C4H9Br.CH4N2S.5CO2.H2O/c1-6-16-12(4)19-17(21-16)13-7-8-15(14(9-13)18-5)20-10-11(2)3;1-5-16-12(4)18-17(21-16)13-6-7-15(14(8-13)9-19)20-10-11(2)3;1-4-13-9(2)16-14(18-13)10-5-6-12(17)11(7-10)8-15-3;1-3-12-8(2)14-13(17-12)9-4-5-11(16)10(6-9)7-15;1-3-11-8(2)13-12(15-11)9-4-6-10(14)7-5-9;8-7(10)5-1-3-6(9)4-2-5;8-5-6-1-3-7(9)4-2-6;1-3-5(9)6(7)4(2)8;1-4(2)3-5;2-1(3)4;5*2-1-3;/h7-9,11H,6,10H2,1-4H3;6-9,11H,5,10H2,1-4H3;5-7,17H,3-4,8H2,1-2H3;4-7,16H,3H2,1-2H3;4-7,14H,3H2,1-2H3;1-4,9H,(H2,8,10);1-4,9H;6H,3H2,1-2H3;4H,3H2,1-2H3;(H4,2,3,4);;;;;;1H2. The Labute approximate surface area is 887 Å². The van der Waals surface area contributed by atoms with Gasteiger partial charge in [0.1, 0.15) is 75.7 Å². The zero-order valence-electron chi connectivity index (χ0n) is 83.3. The van der Waals surface area contributed by atoms with Crippen molar-refractivity contribution in [2.75, 3.05) is 18.5 Å². The number of aliphatic imine (C=N–C) groups is 1. The highest BCUT2D eigenvalue weighted by molar-refractivity contribution is 9.09. The third kappa shape index (κ3) is 55.9. The van der Waals surface area contributed by atoms with E-state index in [2.05, 4.69) is 157 Å². The number of halogens is 2. The largest absolute Gasteiger partial charge is 0.508 e. The van der Waals surface area contributed by atoms with Crippen LogP contribution in [0.3, 0.4) is 0 Å². The Balaban J connectivity index is -0.000000767. The van der Waals surface area contributed by atoms with Gasteiger partial charge in [-0.25, -0.2) is 29.8 Å². The number of thiocarbonyl (C=S) groups is 2. The molecule has 0 saturated carbocycles. The fraction of sp³-hybridized carbons (Fsp3) is 0.311. The van der Waals surface area contributed by atoms with Gasteiger partial charge in [0.15, 0.2) is 29.3 Å². The van der Waals surface area contributed by atoms with Gasteiger partial charge >= 0.3 is 30.8 Å². The zero-order valence-corrected chi connectivity index (χ0v) is 91.3. The van der Waals surface area contributed by atoms with Crippen molar-refractivity contribution >= 4 is 186 Å². The Morgan fingerprint density at radius 3 is 1.06 bits per heavy atom. The molecule has 0 amide bonds. The molecule has 774 valence electrons. The molecule has 13 N–H and O–H groups in total. The molecule has 0 aliphatic rings. The first-order chi connectivity index (χ1) is 68.3. The number of carbonyl (C=O) groups is 4. The van der Waals surface area contributed by atoms with Crippen LogP contribution in [0.4, 0.5) is 5.69 Å². The first kappa shape index (κ1) is 137. The molecule has 0 aliphatic heterocycles. The van der Waals surface area contributed by atoms with Crippen LogP contribution in [0.1, 0.15) is 187 Å². The number of phenolic OH excluding ortho intramolecular Hbond substituents is 5. The highest BCUT2D eigenvalue weighted by Crippen LogP contribution is 2.39. The lowest BCUT2D eigenvalue weighted by atomic mass is 10.1. The first-order valence-electron chi connectivity index (χ1n) is 43.3. The van der Waals surface area contributed by atoms with Gasteiger partial charge in [-0.1, -0.05) is 117 Å². The van der Waals surface area contributed by atoms with Crippen LogP contribution in [0.2, 0.25) is 0 Å². The Hall–Kier alpha value is -14.2. The molecule has 7 aromatic carbocycles. The predicted octanol–water partition coefficient (Wildman–Crippen LogP) is 20.9. The second-order valence-electron chi connectivity index (χ2n) is 29.9. The van der Waals surface area contributed by atoms with Crippen LogP contribution in [0.5, 0.6) is 40.2 Å². The van der Waals surface area contributed by atoms with Gasteiger partial charge in [0.05, 0.1) is 77.6 Å². The van der Waals surface area contributed by atoms with Crippen molar-refractivity contribution in [2.24, 2.45) is 39.9 Å². The van der Waals surface area contributed by atoms with Crippen molar-refractivity contribution in [1.29, 1.82) is 5.26 Å². The fourth-order valence-electron chi connectivity index (χ4n) is 10.6. The maximum atomic E-state index is 11.3. The number of nitrogens with two attached hydrogens (primary N) is 3. The molecule has 5 aromatic heterocycles. The molecule has 0 aliphatic carbocycles. The minimum absolute atomic E-state index is 0. The number of aryl methyl sites for hydroxylation is 10. The number of benzene rings is 7. The summed E-state index contributed by atoms with van der Waals surface area (Å²) < 4.78 is 11.4. The van der Waals surface area contributed by atoms with Gasteiger partial charge in [0.2, 0.25) is 5.69 Å². The maximum absolute atomic E-state index is 11.3. The molecule has 12 aromatic rings. The van der Waals surface area contributed by atoms with Gasteiger partial charge in [-0.15, -0.1) is 68.3 Å². The summed E-state index contributed by atoms with van der Waals surface area (Å²) in [6, 6.07) is 43.6. The molecule has 12 rings (SSSR count). The van der Waals surface area contributed by atoms with Crippen LogP contribution in [-0.2, 0) is 96.2 Å². The Morgan fingerprint density at radius 2 is 0.779 bits per heavy atom. The van der Waals surface area contributed by atoms with Crippen molar-refractivity contribution in [3.05, 3.63) is 238 Å². The van der Waals surface area contributed by atoms with Gasteiger partial charge in [0.25, 0.3) is 0 Å². The zero-order chi connectivity index (χ0) is 110. The lowest BCUT2D eigenvalue weighted by Gasteiger charge is -2.11. The van der Waals surface area contributed by atoms with Crippen LogP contribution < -0.4 is 26.7 Å². The monoisotopic (exact) mass is 2200 g/mol. The molecule has 5 heterocycles. The SMILES string of the molecule is C=NCc1cc(-c2nc(C)c(CC)s2)ccc1O.CC(C)CBr.CCC(=O)C(Cl)C(C)=O.CCc1sc(-c2ccc(O)c(C=O)c2)nc1C.CCc1sc(-c2ccc(O)cc2)nc1C.CCc1sc(-c2ccc(OCC(C)C)c(C=O)c2)nc1C.N#Cc1ccc(O)cc1.NC(=S)c1ccc(O)cc1.NC(N)=S.O.O=C=O.O=C=O.O=C=O.O=C=O.O=C=O.[C-]#[N+]c1cc(-c2nc(C)c(CC)s2)ccc1OCC(C)C. The number of phenols is 5. The number of rotatable bonds is 25. The van der Waals surface area contributed by atoms with E-state index < -0.39 is 5.38 Å². The number of aldehydes is 2. The molecule has 0 spiro atoms. The van der Waals surface area contributed by atoms with E-state index in [0.29, 0.717) is 88.9 Å². The molecule has 42 heteroatoms. The van der Waals surface area contributed by atoms with E-state index in [9.17, 15) is 34.5 Å². The number of Topliss-reactive ketones (excluding diaryl/α,β-unsaturated/α-hetero) is 2. The van der Waals surface area contributed by atoms with E-state index in [0.717, 1.165) is 142 Å². The van der Waals surface area contributed by atoms with Crippen molar-refractivity contribution in [3.8, 4) is 99.2 Å². The molecule has 0 saturated heterocycles. The summed E-state index contributed by atoms with van der Waals surface area (Å²) in [7, 11) is 0. The average Bonchev–Trinajstić information content (AvgIpc) is 1.71. The van der Waals surface area contributed by atoms with E-state index in [-0.39, 0.29) is 75.9 Å². The number of aromatic hydroxyl groups is 5. The summed E-state index contributed by atoms with van der Waals surface area (Å²) in [5, 5.41) is 59.3. The van der Waals surface area contributed by atoms with Gasteiger partial charge in [-0.2, -0.15) is 53.2 Å². The average molecular weight is 2200 g/mol. The van der Waals surface area contributed by atoms with E-state index >= 15 is 0 Å². The number of ether oxygens (including phenoxy) is 2. The molecule has 1 unspecified atom stereocenters. The Kier molecular flexibility index (Phi) is 75.0. The van der Waals surface area contributed by atoms with Crippen molar-refractivity contribution in [3.63, 3.8) is 0 Å². The number of ketones is 2. The van der Waals surface area contributed by atoms with Crippen molar-refractivity contribution in [2.45, 2.75) is 175 Å². The van der Waals surface area contributed by atoms with Crippen LogP contribution in [0.15, 0.2) is 151 Å². The van der Waals surface area contributed by atoms with Crippen LogP contribution in [0, 0.1) is 70.3 Å². The van der Waals surface area contributed by atoms with Gasteiger partial charge in [-0.3, -0.25) is 24.2 Å². The lowest BCUT2D eigenvalue weighted by Crippen LogP contribution is -2.20. The molecule has 145 heavy (non-hydrogen) atoms. The third-order valence-electron chi connectivity index (χ3n) is 17.5. The minimum atomic E-state index is -0.921. The molecular formula is C103H119BrClN11O22S7. The quantitative estimate of drug-likeness (QED) is 0.00658. The van der Waals surface area contributed by atoms with Crippen LogP contribution in [-0.4, -0.2) is 152 Å². The summed E-state index contributed by atoms with van der Waals surface area (Å²) in [5.74, 6) is 3.47. The molecule has 1 atom stereocenters. The normalized spacial score (nSPS) is 9.47. The lowest BCUT2D eigenvalue weighted by molar-refractivity contribution is -0.193. The summed E-state index contributed by atoms with van der Waals surface area (Å²) in [6.45, 7) is 48.9. The second-order valence-corrected chi connectivity index (χ2v) is 37.3. The summed E-state index contributed by atoms with van der Waals surface area (Å²) >= 11 is 25.9. The molecule has 0 radical (unpaired) electrons. The molecule has 33 nitrogen and oxygen atoms in total. The van der Waals surface area contributed by atoms with Gasteiger partial charge in [-0.05, 0) is 250 Å². The number of hydrogen-bond acceptors (Lipinski definition) is 35. The van der Waals surface area contributed by atoms with E-state index in [1.165, 1.54) is 49.5 Å². The Morgan fingerprint density at radius 1 is 0.490 bits per heavy atom. The highest BCUT2D eigenvalue weighted by atomic mass is 79.9. The van der Waals surface area contributed by atoms with Crippen LogP contribution >= 0.6 is 109 Å². The first-order valence-corrected chi connectivity index (χ1v) is 49.8. The number of nitrogens with zero attached hydrogens (tertiary/aromatic N) is 8. The summed E-state index contributed by atoms with van der Waals surface area (Å²) in [4.78, 5) is 161. The number of nitriles is 1. The molecule has 0 bridgehead atoms. The van der Waals surface area contributed by atoms with Gasteiger partial charge < -0.3 is 57.7 Å². The maximum Gasteiger partial charge on any atom is 0.373 e. The predicted molar refractivity (Wildman–Crippen MR) is 575 cm³/mol. The van der Waals surface area contributed by atoms with Gasteiger partial charge in [0, 0.05) is 75.1 Å². The fourth-order valence-corrected chi connectivity index (χ4v) is 15.9. The second kappa shape index (κ2) is 79.3. The van der Waals surface area contributed by atoms with E-state index in [1.807, 2.05) is 101 Å². The molecule has 0 fully saturated rings. The number of thiazole rings is 5. The Bertz CT molecular complexity index is 6170. The van der Waals surface area contributed by atoms with E-state index in [4.69, 9.17) is 109 Å². The number of aromatic nitrogens is 5. The topological polar surface area (TPSA) is 573 Å². The number of alkyl halides is 2. The highest BCUT2D eigenvalue weighted by Gasteiger charge is 2.19. The number of carbonyl (C=O) groups excluding carboxylic acids is 14. The van der Waals surface area contributed by atoms with Crippen molar-refractivity contribution in [1.82, 2.24) is 24.9 Å². The summed E-state index contributed by atoms with van der Waals surface area (Å²) in [5.41, 5.74) is 28.4. The number of hydrogen-bond donors (Lipinski definition) is 8. The third-order valence-corrected chi connectivity index (χ3v) is 26.3. The van der Waals surface area contributed by atoms with E-state index in [1.54, 1.807) is 130 Å². The van der Waals surface area contributed by atoms with Crippen molar-refractivity contribution < 1.29 is 108 Å². The summed E-state index contributed by atoms with van der Waals surface area (Å²) in [6.07, 6.45) is 8.05.